The van der Waals surface area contributed by atoms with Crippen LogP contribution in [0.1, 0.15) is 22.7 Å². The largest absolute Gasteiger partial charge is 0.375 e. The molecule has 0 saturated carbocycles. The summed E-state index contributed by atoms with van der Waals surface area (Å²) in [5, 5.41) is 3.28. The molecule has 1 aromatic rings. The second kappa shape index (κ2) is 3.48. The fourth-order valence-electron chi connectivity index (χ4n) is 1.96. The molecule has 0 bridgehead atoms. The summed E-state index contributed by atoms with van der Waals surface area (Å²) in [4.78, 5) is 0. The van der Waals surface area contributed by atoms with E-state index in [4.69, 9.17) is 4.74 Å². The third-order valence-electron chi connectivity index (χ3n) is 2.65. The molecule has 0 aromatic heterocycles. The zero-order chi connectivity index (χ0) is 9.26. The van der Waals surface area contributed by atoms with Crippen LogP contribution in [0.25, 0.3) is 0 Å². The van der Waals surface area contributed by atoms with Crippen molar-refractivity contribution in [1.29, 1.82) is 0 Å². The van der Waals surface area contributed by atoms with E-state index in [2.05, 4.69) is 30.4 Å². The number of aryl methyl sites for hydroxylation is 1. The Labute approximate surface area is 78.9 Å². The first-order valence-corrected chi connectivity index (χ1v) is 4.66. The highest BCUT2D eigenvalue weighted by molar-refractivity contribution is 5.37. The maximum Gasteiger partial charge on any atom is 0.0721 e. The molecule has 1 heterocycles. The van der Waals surface area contributed by atoms with Crippen LogP contribution in [0.4, 0.5) is 0 Å². The Morgan fingerprint density at radius 1 is 1.46 bits per heavy atom. The Bertz CT molecular complexity index is 309. The van der Waals surface area contributed by atoms with Gasteiger partial charge in [0.05, 0.1) is 19.3 Å². The Balaban J connectivity index is 2.47. The Hall–Kier alpha value is -0.860. The fourth-order valence-corrected chi connectivity index (χ4v) is 1.96. The second-order valence-electron chi connectivity index (χ2n) is 3.50. The van der Waals surface area contributed by atoms with E-state index in [-0.39, 0.29) is 0 Å². The third kappa shape index (κ3) is 1.47. The van der Waals surface area contributed by atoms with Crippen LogP contribution >= 0.6 is 0 Å². The van der Waals surface area contributed by atoms with Crippen molar-refractivity contribution in [3.8, 4) is 0 Å². The van der Waals surface area contributed by atoms with Gasteiger partial charge in [0.2, 0.25) is 0 Å². The van der Waals surface area contributed by atoms with Gasteiger partial charge in [-0.1, -0.05) is 18.2 Å². The zero-order valence-corrected chi connectivity index (χ0v) is 8.13. The van der Waals surface area contributed by atoms with Gasteiger partial charge in [0.1, 0.15) is 0 Å². The second-order valence-corrected chi connectivity index (χ2v) is 3.50. The molecule has 1 aliphatic rings. The molecule has 2 heteroatoms. The molecule has 2 nitrogen and oxygen atoms in total. The summed E-state index contributed by atoms with van der Waals surface area (Å²) in [7, 11) is 1.98. The molecular weight excluding hydrogens is 162 g/mol. The van der Waals surface area contributed by atoms with E-state index in [9.17, 15) is 0 Å². The van der Waals surface area contributed by atoms with Crippen molar-refractivity contribution >= 4 is 0 Å². The van der Waals surface area contributed by atoms with E-state index in [1.54, 1.807) is 0 Å². The van der Waals surface area contributed by atoms with Gasteiger partial charge >= 0.3 is 0 Å². The van der Waals surface area contributed by atoms with Crippen LogP contribution in [0.15, 0.2) is 18.2 Å². The quantitative estimate of drug-likeness (QED) is 0.706. The molecule has 70 valence electrons. The minimum Gasteiger partial charge on any atom is -0.375 e. The van der Waals surface area contributed by atoms with Gasteiger partial charge in [0, 0.05) is 0 Å². The predicted octanol–water partition coefficient (Wildman–Crippen LogP) is 1.79. The normalized spacial score (nSPS) is 21.2. The summed E-state index contributed by atoms with van der Waals surface area (Å²) in [6.45, 7) is 3.71. The van der Waals surface area contributed by atoms with E-state index >= 15 is 0 Å². The lowest BCUT2D eigenvalue weighted by molar-refractivity contribution is 0.0841. The molecule has 13 heavy (non-hydrogen) atoms. The van der Waals surface area contributed by atoms with Crippen molar-refractivity contribution in [2.45, 2.75) is 19.6 Å². The Morgan fingerprint density at radius 2 is 2.31 bits per heavy atom. The average Bonchev–Trinajstić information content (AvgIpc) is 2.17. The summed E-state index contributed by atoms with van der Waals surface area (Å²) in [6.07, 6.45) is 0. The number of fused-ring (bicyclic) bond motifs is 1. The van der Waals surface area contributed by atoms with Gasteiger partial charge in [-0.2, -0.15) is 0 Å². The highest BCUT2D eigenvalue weighted by Gasteiger charge is 2.20. The highest BCUT2D eigenvalue weighted by atomic mass is 16.5. The summed E-state index contributed by atoms with van der Waals surface area (Å²) in [6, 6.07) is 6.76. The maximum absolute atomic E-state index is 5.49. The molecule has 0 saturated heterocycles. The monoisotopic (exact) mass is 177 g/mol. The first-order valence-electron chi connectivity index (χ1n) is 4.66. The van der Waals surface area contributed by atoms with Crippen molar-refractivity contribution < 1.29 is 4.74 Å². The van der Waals surface area contributed by atoms with Gasteiger partial charge in [0.15, 0.2) is 0 Å². The van der Waals surface area contributed by atoms with Crippen molar-refractivity contribution in [2.75, 3.05) is 13.7 Å². The van der Waals surface area contributed by atoms with Crippen LogP contribution < -0.4 is 5.32 Å². The van der Waals surface area contributed by atoms with Gasteiger partial charge in [-0.3, -0.25) is 0 Å². The van der Waals surface area contributed by atoms with E-state index in [0.29, 0.717) is 6.04 Å². The minimum absolute atomic E-state index is 0.366. The first-order chi connectivity index (χ1) is 6.33. The molecule has 0 unspecified atom stereocenters. The average molecular weight is 177 g/mol. The summed E-state index contributed by atoms with van der Waals surface area (Å²) < 4.78 is 5.49. The number of likely N-dealkylation sites (N-methyl/N-ethyl adjacent to an activating group) is 1. The lowest BCUT2D eigenvalue weighted by Gasteiger charge is -2.26. The summed E-state index contributed by atoms with van der Waals surface area (Å²) in [5.74, 6) is 0. The van der Waals surface area contributed by atoms with E-state index in [1.807, 2.05) is 7.05 Å². The maximum atomic E-state index is 5.49. The van der Waals surface area contributed by atoms with Gasteiger partial charge in [-0.25, -0.2) is 0 Å². The molecule has 0 fully saturated rings. The van der Waals surface area contributed by atoms with Crippen LogP contribution in [0, 0.1) is 6.92 Å². The molecule has 1 N–H and O–H groups in total. The van der Waals surface area contributed by atoms with Crippen LogP contribution in [-0.2, 0) is 11.3 Å². The lowest BCUT2D eigenvalue weighted by Crippen LogP contribution is -2.27. The predicted molar refractivity (Wildman–Crippen MR) is 52.6 cm³/mol. The number of nitrogens with one attached hydrogen (secondary N) is 1. The molecule has 0 spiro atoms. The van der Waals surface area contributed by atoms with E-state index in [0.717, 1.165) is 13.2 Å². The van der Waals surface area contributed by atoms with Crippen LogP contribution in [0.5, 0.6) is 0 Å². The number of hydrogen-bond donors (Lipinski definition) is 1. The highest BCUT2D eigenvalue weighted by Crippen LogP contribution is 2.27. The van der Waals surface area contributed by atoms with Gasteiger partial charge in [-0.15, -0.1) is 0 Å². The minimum atomic E-state index is 0.366. The number of ether oxygens (including phenoxy) is 1. The molecule has 1 aromatic carbocycles. The molecule has 0 amide bonds. The van der Waals surface area contributed by atoms with Gasteiger partial charge in [-0.05, 0) is 30.7 Å². The number of rotatable bonds is 1. The van der Waals surface area contributed by atoms with E-state index in [1.165, 1.54) is 16.7 Å². The van der Waals surface area contributed by atoms with Crippen molar-refractivity contribution in [2.24, 2.45) is 0 Å². The van der Waals surface area contributed by atoms with E-state index < -0.39 is 0 Å². The standard InChI is InChI=1S/C11H15NO/c1-8-4-3-5-9-6-13-7-10(12-2)11(8)9/h3-5,10,12H,6-7H2,1-2H3/t10-/m1/s1. The summed E-state index contributed by atoms with van der Waals surface area (Å²) >= 11 is 0. The topological polar surface area (TPSA) is 21.3 Å². The van der Waals surface area contributed by atoms with Crippen molar-refractivity contribution in [1.82, 2.24) is 5.32 Å². The van der Waals surface area contributed by atoms with Crippen molar-refractivity contribution in [3.63, 3.8) is 0 Å². The molecular formula is C11H15NO. The SMILES string of the molecule is CN[C@@H]1COCc2cccc(C)c21. The van der Waals surface area contributed by atoms with Gasteiger partial charge < -0.3 is 10.1 Å². The smallest absolute Gasteiger partial charge is 0.0721 e. The molecule has 0 radical (unpaired) electrons. The first kappa shape index (κ1) is 8.73. The molecule has 0 aliphatic carbocycles. The number of hydrogen-bond acceptors (Lipinski definition) is 2. The Morgan fingerprint density at radius 3 is 3.08 bits per heavy atom. The van der Waals surface area contributed by atoms with Gasteiger partial charge in [0.25, 0.3) is 0 Å². The van der Waals surface area contributed by atoms with Crippen LogP contribution in [0.2, 0.25) is 0 Å². The zero-order valence-electron chi connectivity index (χ0n) is 8.13. The number of benzene rings is 1. The van der Waals surface area contributed by atoms with Crippen LogP contribution in [-0.4, -0.2) is 13.7 Å². The molecule has 1 aliphatic heterocycles. The lowest BCUT2D eigenvalue weighted by atomic mass is 9.94. The van der Waals surface area contributed by atoms with Crippen LogP contribution in [0.3, 0.4) is 0 Å². The molecule has 1 atom stereocenters. The molecule has 2 rings (SSSR count). The third-order valence-corrected chi connectivity index (χ3v) is 2.65. The summed E-state index contributed by atoms with van der Waals surface area (Å²) in [5.41, 5.74) is 4.11. The van der Waals surface area contributed by atoms with Crippen molar-refractivity contribution in [3.05, 3.63) is 34.9 Å². The Kier molecular flexibility index (Phi) is 2.34. The fraction of sp³-hybridized carbons (Fsp3) is 0.455.